The van der Waals surface area contributed by atoms with Crippen molar-refractivity contribution in [3.63, 3.8) is 0 Å². The number of hydrogen-bond donors (Lipinski definition) is 1. The van der Waals surface area contributed by atoms with E-state index in [1.165, 1.54) is 0 Å². The Hall–Kier alpha value is -3.92. The number of para-hydroxylation sites is 2. The summed E-state index contributed by atoms with van der Waals surface area (Å²) in [6.45, 7) is 11.7. The largest absolute Gasteiger partial charge is 0.495 e. The van der Waals surface area contributed by atoms with Crippen LogP contribution >= 0.6 is 0 Å². The Balaban J connectivity index is 1.56. The zero-order valence-corrected chi connectivity index (χ0v) is 22.6. The molecule has 10 heteroatoms. The molecule has 1 N–H and O–H groups in total. The molecule has 1 aliphatic heterocycles. The lowest BCUT2D eigenvalue weighted by atomic mass is 10.0. The summed E-state index contributed by atoms with van der Waals surface area (Å²) >= 11 is 0. The van der Waals surface area contributed by atoms with Crippen LogP contribution in [0.15, 0.2) is 53.3 Å². The molecule has 0 spiro atoms. The number of ether oxygens (including phenoxy) is 2. The first-order valence-corrected chi connectivity index (χ1v) is 13.0. The predicted molar refractivity (Wildman–Crippen MR) is 147 cm³/mol. The summed E-state index contributed by atoms with van der Waals surface area (Å²) in [6.07, 6.45) is 0. The molecule has 1 fully saturated rings. The molecule has 1 atom stereocenters. The van der Waals surface area contributed by atoms with Crippen LogP contribution in [0.2, 0.25) is 0 Å². The zero-order valence-electron chi connectivity index (χ0n) is 22.6. The number of nitrogens with zero attached hydrogens (tertiary/aromatic N) is 6. The highest BCUT2D eigenvalue weighted by molar-refractivity contribution is 5.80. The molecule has 2 aromatic carbocycles. The first kappa shape index (κ1) is 25.7. The fourth-order valence-corrected chi connectivity index (χ4v) is 5.11. The molecule has 10 nitrogen and oxygen atoms in total. The van der Waals surface area contributed by atoms with E-state index >= 15 is 0 Å². The average molecular weight is 518 g/mol. The number of aromatic nitrogens is 5. The van der Waals surface area contributed by atoms with Gasteiger partial charge in [0.2, 0.25) is 0 Å². The number of fused-ring (bicyclic) bond motifs is 1. The number of methoxy groups -OCH3 is 1. The maximum atomic E-state index is 13.5. The third-order valence-corrected chi connectivity index (χ3v) is 6.93. The molecule has 5 rings (SSSR count). The van der Waals surface area contributed by atoms with Crippen LogP contribution in [0.5, 0.6) is 11.5 Å². The maximum absolute atomic E-state index is 13.5. The van der Waals surface area contributed by atoms with Crippen LogP contribution in [0.1, 0.15) is 45.1 Å². The van der Waals surface area contributed by atoms with Crippen molar-refractivity contribution in [3.8, 4) is 11.5 Å². The van der Waals surface area contributed by atoms with E-state index in [4.69, 9.17) is 9.47 Å². The van der Waals surface area contributed by atoms with E-state index < -0.39 is 6.04 Å². The van der Waals surface area contributed by atoms with Crippen LogP contribution in [0, 0.1) is 0 Å². The van der Waals surface area contributed by atoms with E-state index in [0.717, 1.165) is 54.3 Å². The predicted octanol–water partition coefficient (Wildman–Crippen LogP) is 3.59. The van der Waals surface area contributed by atoms with Gasteiger partial charge in [0.25, 0.3) is 5.56 Å². The molecule has 3 heterocycles. The van der Waals surface area contributed by atoms with Crippen LogP contribution in [0.3, 0.4) is 0 Å². The fourth-order valence-electron chi connectivity index (χ4n) is 5.11. The highest BCUT2D eigenvalue weighted by Gasteiger charge is 2.35. The monoisotopic (exact) mass is 517 g/mol. The van der Waals surface area contributed by atoms with Crippen molar-refractivity contribution in [2.45, 2.75) is 39.3 Å². The van der Waals surface area contributed by atoms with Gasteiger partial charge in [-0.3, -0.25) is 9.69 Å². The van der Waals surface area contributed by atoms with Gasteiger partial charge >= 0.3 is 0 Å². The Bertz CT molecular complexity index is 1470. The minimum Gasteiger partial charge on any atom is -0.495 e. The second-order valence-corrected chi connectivity index (χ2v) is 10.5. The summed E-state index contributed by atoms with van der Waals surface area (Å²) in [7, 11) is 1.69. The third kappa shape index (κ3) is 4.96. The highest BCUT2D eigenvalue weighted by Crippen LogP contribution is 2.33. The summed E-state index contributed by atoms with van der Waals surface area (Å²) < 4.78 is 13.1. The van der Waals surface area contributed by atoms with Gasteiger partial charge in [-0.25, -0.2) is 4.68 Å². The fraction of sp³-hybridized carbons (Fsp3) is 0.429. The molecule has 0 bridgehead atoms. The van der Waals surface area contributed by atoms with Gasteiger partial charge in [-0.05, 0) is 74.5 Å². The number of H-pyrrole nitrogens is 1. The quantitative estimate of drug-likeness (QED) is 0.397. The van der Waals surface area contributed by atoms with Crippen LogP contribution in [0.4, 0.5) is 5.69 Å². The summed E-state index contributed by atoms with van der Waals surface area (Å²) in [6, 6.07) is 15.3. The van der Waals surface area contributed by atoms with Crippen molar-refractivity contribution >= 4 is 16.6 Å². The van der Waals surface area contributed by atoms with Gasteiger partial charge < -0.3 is 19.4 Å². The summed E-state index contributed by atoms with van der Waals surface area (Å²) in [5.74, 6) is 2.26. The van der Waals surface area contributed by atoms with Gasteiger partial charge in [0.15, 0.2) is 5.82 Å². The van der Waals surface area contributed by atoms with Crippen molar-refractivity contribution in [1.82, 2.24) is 30.1 Å². The van der Waals surface area contributed by atoms with Crippen LogP contribution in [-0.2, 0) is 5.54 Å². The van der Waals surface area contributed by atoms with Crippen molar-refractivity contribution < 1.29 is 9.47 Å². The Labute approximate surface area is 222 Å². The molecule has 0 amide bonds. The molecular formula is C28H35N7O3. The first-order chi connectivity index (χ1) is 18.3. The SMILES string of the molecule is CCOc1ccc2[nH]c(=O)c([C@@H](c3nnnn3C(C)(C)C)N3CCN(c4ccccc4OC)CC3)cc2c1. The summed E-state index contributed by atoms with van der Waals surface area (Å²) in [5.41, 5.74) is 1.93. The summed E-state index contributed by atoms with van der Waals surface area (Å²) in [5, 5.41) is 13.7. The highest BCUT2D eigenvalue weighted by atomic mass is 16.5. The molecule has 0 unspecified atom stereocenters. The number of hydrogen-bond acceptors (Lipinski definition) is 8. The van der Waals surface area contributed by atoms with Gasteiger partial charge in [0.05, 0.1) is 24.9 Å². The molecule has 0 radical (unpaired) electrons. The first-order valence-electron chi connectivity index (χ1n) is 13.0. The number of benzene rings is 2. The van der Waals surface area contributed by atoms with Crippen molar-refractivity contribution in [1.29, 1.82) is 0 Å². The number of aromatic amines is 1. The van der Waals surface area contributed by atoms with E-state index in [0.29, 0.717) is 18.0 Å². The molecule has 2 aromatic heterocycles. The molecule has 1 aliphatic rings. The van der Waals surface area contributed by atoms with E-state index in [-0.39, 0.29) is 11.1 Å². The smallest absolute Gasteiger partial charge is 0.253 e. The number of tetrazole rings is 1. The average Bonchev–Trinajstić information content (AvgIpc) is 3.40. The number of rotatable bonds is 7. The van der Waals surface area contributed by atoms with Gasteiger partial charge in [-0.2, -0.15) is 0 Å². The van der Waals surface area contributed by atoms with Crippen molar-refractivity contribution in [2.75, 3.05) is 44.8 Å². The zero-order chi connectivity index (χ0) is 26.9. The van der Waals surface area contributed by atoms with Gasteiger partial charge in [-0.1, -0.05) is 12.1 Å². The molecule has 200 valence electrons. The lowest BCUT2D eigenvalue weighted by Crippen LogP contribution is -2.49. The molecule has 38 heavy (non-hydrogen) atoms. The molecule has 0 saturated carbocycles. The lowest BCUT2D eigenvalue weighted by Gasteiger charge is -2.40. The Kier molecular flexibility index (Phi) is 7.07. The van der Waals surface area contributed by atoms with Gasteiger partial charge in [-0.15, -0.1) is 5.10 Å². The van der Waals surface area contributed by atoms with E-state index in [1.807, 2.05) is 54.1 Å². The van der Waals surface area contributed by atoms with E-state index in [1.54, 1.807) is 7.11 Å². The minimum absolute atomic E-state index is 0.151. The third-order valence-electron chi connectivity index (χ3n) is 6.93. The second-order valence-electron chi connectivity index (χ2n) is 10.5. The number of pyridine rings is 1. The topological polar surface area (TPSA) is 101 Å². The normalized spacial score (nSPS) is 15.6. The maximum Gasteiger partial charge on any atom is 0.253 e. The van der Waals surface area contributed by atoms with Crippen molar-refractivity contribution in [2.24, 2.45) is 0 Å². The Morgan fingerprint density at radius 2 is 1.82 bits per heavy atom. The number of anilines is 1. The lowest BCUT2D eigenvalue weighted by molar-refractivity contribution is 0.190. The Morgan fingerprint density at radius 3 is 2.53 bits per heavy atom. The van der Waals surface area contributed by atoms with Crippen LogP contribution in [0.25, 0.3) is 10.9 Å². The van der Waals surface area contributed by atoms with Gasteiger partial charge in [0.1, 0.15) is 17.5 Å². The van der Waals surface area contributed by atoms with Crippen molar-refractivity contribution in [3.05, 3.63) is 70.3 Å². The van der Waals surface area contributed by atoms with E-state index in [2.05, 4.69) is 57.1 Å². The number of piperazine rings is 1. The Morgan fingerprint density at radius 1 is 1.05 bits per heavy atom. The molecule has 1 saturated heterocycles. The van der Waals surface area contributed by atoms with Gasteiger partial charge in [0, 0.05) is 42.6 Å². The second kappa shape index (κ2) is 10.4. The van der Waals surface area contributed by atoms with E-state index in [9.17, 15) is 4.79 Å². The summed E-state index contributed by atoms with van der Waals surface area (Å²) in [4.78, 5) is 21.2. The van der Waals surface area contributed by atoms with Crippen LogP contribution < -0.4 is 19.9 Å². The standard InChI is InChI=1S/C28H35N7O3/c1-6-38-20-11-12-22-19(17-20)18-21(27(36)29-22)25(26-30-31-32-35(26)28(2,3)4)34-15-13-33(14-16-34)23-9-7-8-10-24(23)37-5/h7-12,17-18,25H,6,13-16H2,1-5H3,(H,29,36)/t25-/m0/s1. The number of nitrogens with one attached hydrogen (secondary N) is 1. The molecular weight excluding hydrogens is 482 g/mol. The molecule has 4 aromatic rings. The van der Waals surface area contributed by atoms with Crippen LogP contribution in [-0.4, -0.2) is 70.0 Å². The minimum atomic E-state index is -0.423. The molecule has 0 aliphatic carbocycles.